The quantitative estimate of drug-likeness (QED) is 0.482. The number of non-ortho nitro benzene ring substituents is 1. The molecule has 0 unspecified atom stereocenters. The number of H-pyrrole nitrogens is 1. The number of nitro groups is 1. The minimum absolute atomic E-state index is 0.0270. The van der Waals surface area contributed by atoms with Crippen molar-refractivity contribution in [3.8, 4) is 11.5 Å². The van der Waals surface area contributed by atoms with E-state index in [1.165, 1.54) is 12.1 Å². The van der Waals surface area contributed by atoms with Crippen LogP contribution < -0.4 is 9.47 Å². The van der Waals surface area contributed by atoms with E-state index in [0.717, 1.165) is 25.2 Å². The van der Waals surface area contributed by atoms with Crippen molar-refractivity contribution in [2.45, 2.75) is 6.54 Å². The van der Waals surface area contributed by atoms with Crippen molar-refractivity contribution in [1.82, 2.24) is 14.8 Å². The number of amides is 1. The molecule has 0 saturated carbocycles. The van der Waals surface area contributed by atoms with Crippen LogP contribution >= 0.6 is 0 Å². The van der Waals surface area contributed by atoms with Gasteiger partial charge in [0.15, 0.2) is 11.5 Å². The van der Waals surface area contributed by atoms with Gasteiger partial charge in [-0.1, -0.05) is 6.07 Å². The number of fused-ring (bicyclic) bond motifs is 1. The standard InChI is InChI=1S/C22H24N4O5/c1-30-20-6-3-15(11-21(20)31-2)14-24-7-9-25(10-8-24)22(27)18-13-23-19-5-4-16(26(28)29)12-17(18)19/h3-6,11-13,23H,7-10,14H2,1-2H3. The van der Waals surface area contributed by atoms with E-state index in [1.54, 1.807) is 31.4 Å². The smallest absolute Gasteiger partial charge is 0.270 e. The van der Waals surface area contributed by atoms with E-state index in [2.05, 4.69) is 9.88 Å². The van der Waals surface area contributed by atoms with Crippen LogP contribution in [0.15, 0.2) is 42.6 Å². The van der Waals surface area contributed by atoms with Crippen molar-refractivity contribution in [3.05, 3.63) is 63.8 Å². The van der Waals surface area contributed by atoms with E-state index in [4.69, 9.17) is 9.47 Å². The number of rotatable bonds is 6. The predicted octanol–water partition coefficient (Wildman–Crippen LogP) is 3.05. The van der Waals surface area contributed by atoms with Gasteiger partial charge < -0.3 is 19.4 Å². The number of hydrogen-bond acceptors (Lipinski definition) is 6. The summed E-state index contributed by atoms with van der Waals surface area (Å²) >= 11 is 0. The number of aromatic amines is 1. The molecular formula is C22H24N4O5. The fraction of sp³-hybridized carbons (Fsp3) is 0.318. The van der Waals surface area contributed by atoms with Crippen LogP contribution in [0.2, 0.25) is 0 Å². The van der Waals surface area contributed by atoms with Gasteiger partial charge in [-0.05, 0) is 23.8 Å². The number of ether oxygens (including phenoxy) is 2. The van der Waals surface area contributed by atoms with Crippen molar-refractivity contribution in [2.75, 3.05) is 40.4 Å². The van der Waals surface area contributed by atoms with E-state index in [1.807, 2.05) is 18.2 Å². The molecule has 0 atom stereocenters. The summed E-state index contributed by atoms with van der Waals surface area (Å²) in [6.45, 7) is 3.41. The van der Waals surface area contributed by atoms with E-state index in [-0.39, 0.29) is 11.6 Å². The van der Waals surface area contributed by atoms with Gasteiger partial charge in [0.05, 0.1) is 24.7 Å². The minimum atomic E-state index is -0.451. The summed E-state index contributed by atoms with van der Waals surface area (Å²) in [5, 5.41) is 11.7. The van der Waals surface area contributed by atoms with Gasteiger partial charge in [0.1, 0.15) is 0 Å². The number of piperazine rings is 1. The molecule has 2 heterocycles. The third-order valence-electron chi connectivity index (χ3n) is 5.62. The average Bonchev–Trinajstić information content (AvgIpc) is 3.22. The summed E-state index contributed by atoms with van der Waals surface area (Å²) in [4.78, 5) is 30.8. The van der Waals surface area contributed by atoms with E-state index in [0.29, 0.717) is 41.1 Å². The van der Waals surface area contributed by atoms with Crippen molar-refractivity contribution in [3.63, 3.8) is 0 Å². The van der Waals surface area contributed by atoms with Gasteiger partial charge >= 0.3 is 0 Å². The lowest BCUT2D eigenvalue weighted by molar-refractivity contribution is -0.384. The Balaban J connectivity index is 1.42. The Morgan fingerprint density at radius 3 is 2.48 bits per heavy atom. The molecular weight excluding hydrogens is 400 g/mol. The number of carbonyl (C=O) groups is 1. The first-order chi connectivity index (χ1) is 15.0. The highest BCUT2D eigenvalue weighted by Crippen LogP contribution is 2.28. The zero-order chi connectivity index (χ0) is 22.0. The maximum absolute atomic E-state index is 13.1. The van der Waals surface area contributed by atoms with Gasteiger partial charge in [-0.25, -0.2) is 0 Å². The molecule has 1 aliphatic heterocycles. The Kier molecular flexibility index (Phi) is 5.77. The first kappa shape index (κ1) is 20.7. The number of carbonyl (C=O) groups excluding carboxylic acids is 1. The van der Waals surface area contributed by atoms with Gasteiger partial charge in [-0.2, -0.15) is 0 Å². The normalized spacial score (nSPS) is 14.6. The van der Waals surface area contributed by atoms with Crippen LogP contribution in [0.25, 0.3) is 10.9 Å². The zero-order valence-electron chi connectivity index (χ0n) is 17.5. The Morgan fingerprint density at radius 2 is 1.81 bits per heavy atom. The highest BCUT2D eigenvalue weighted by molar-refractivity contribution is 6.07. The van der Waals surface area contributed by atoms with Crippen molar-refractivity contribution in [1.29, 1.82) is 0 Å². The Hall–Kier alpha value is -3.59. The van der Waals surface area contributed by atoms with E-state index >= 15 is 0 Å². The van der Waals surface area contributed by atoms with Crippen LogP contribution in [-0.4, -0.2) is 66.0 Å². The second kappa shape index (κ2) is 8.65. The lowest BCUT2D eigenvalue weighted by atomic mass is 10.1. The van der Waals surface area contributed by atoms with Crippen LogP contribution in [0.3, 0.4) is 0 Å². The first-order valence-electron chi connectivity index (χ1n) is 9.98. The number of nitrogens with one attached hydrogen (secondary N) is 1. The second-order valence-corrected chi connectivity index (χ2v) is 7.45. The van der Waals surface area contributed by atoms with Crippen LogP contribution in [0, 0.1) is 10.1 Å². The monoisotopic (exact) mass is 424 g/mol. The van der Waals surface area contributed by atoms with Gasteiger partial charge in [0, 0.05) is 62.0 Å². The highest BCUT2D eigenvalue weighted by Gasteiger charge is 2.25. The topological polar surface area (TPSA) is 101 Å². The fourth-order valence-corrected chi connectivity index (χ4v) is 3.92. The molecule has 0 aliphatic carbocycles. The molecule has 1 amide bonds. The van der Waals surface area contributed by atoms with Crippen LogP contribution in [0.5, 0.6) is 11.5 Å². The van der Waals surface area contributed by atoms with Crippen molar-refractivity contribution >= 4 is 22.5 Å². The van der Waals surface area contributed by atoms with Gasteiger partial charge in [0.2, 0.25) is 0 Å². The molecule has 0 spiro atoms. The third kappa shape index (κ3) is 4.17. The molecule has 1 aliphatic rings. The van der Waals surface area contributed by atoms with Crippen LogP contribution in [0.1, 0.15) is 15.9 Å². The Labute approximate surface area is 179 Å². The predicted molar refractivity (Wildman–Crippen MR) is 116 cm³/mol. The van der Waals surface area contributed by atoms with E-state index < -0.39 is 4.92 Å². The number of nitrogens with zero attached hydrogens (tertiary/aromatic N) is 3. The largest absolute Gasteiger partial charge is 0.493 e. The van der Waals surface area contributed by atoms with Crippen LogP contribution in [0.4, 0.5) is 5.69 Å². The molecule has 4 rings (SSSR count). The first-order valence-corrected chi connectivity index (χ1v) is 9.98. The molecule has 9 heteroatoms. The number of benzene rings is 2. The summed E-state index contributed by atoms with van der Waals surface area (Å²) in [7, 11) is 3.23. The molecule has 0 radical (unpaired) electrons. The van der Waals surface area contributed by atoms with Crippen molar-refractivity contribution in [2.24, 2.45) is 0 Å². The lowest BCUT2D eigenvalue weighted by Crippen LogP contribution is -2.48. The van der Waals surface area contributed by atoms with Gasteiger partial charge in [-0.15, -0.1) is 0 Å². The number of methoxy groups -OCH3 is 2. The van der Waals surface area contributed by atoms with Crippen LogP contribution in [-0.2, 0) is 6.54 Å². The number of hydrogen-bond donors (Lipinski definition) is 1. The molecule has 3 aromatic rings. The Morgan fingerprint density at radius 1 is 1.06 bits per heavy atom. The Bertz CT molecular complexity index is 1120. The summed E-state index contributed by atoms with van der Waals surface area (Å²) in [5.41, 5.74) is 2.26. The second-order valence-electron chi connectivity index (χ2n) is 7.45. The van der Waals surface area contributed by atoms with E-state index in [9.17, 15) is 14.9 Å². The molecule has 1 aromatic heterocycles. The number of nitro benzene ring substituents is 1. The summed E-state index contributed by atoms with van der Waals surface area (Å²) in [5.74, 6) is 1.28. The fourth-order valence-electron chi connectivity index (χ4n) is 3.92. The lowest BCUT2D eigenvalue weighted by Gasteiger charge is -2.34. The average molecular weight is 424 g/mol. The summed E-state index contributed by atoms with van der Waals surface area (Å²) in [6.07, 6.45) is 1.63. The summed E-state index contributed by atoms with van der Waals surface area (Å²) in [6, 6.07) is 10.4. The maximum Gasteiger partial charge on any atom is 0.270 e. The maximum atomic E-state index is 13.1. The molecule has 1 saturated heterocycles. The highest BCUT2D eigenvalue weighted by atomic mass is 16.6. The minimum Gasteiger partial charge on any atom is -0.493 e. The molecule has 9 nitrogen and oxygen atoms in total. The molecule has 2 aromatic carbocycles. The number of aromatic nitrogens is 1. The zero-order valence-corrected chi connectivity index (χ0v) is 17.5. The summed E-state index contributed by atoms with van der Waals surface area (Å²) < 4.78 is 10.7. The van der Waals surface area contributed by atoms with Crippen molar-refractivity contribution < 1.29 is 19.2 Å². The molecule has 162 valence electrons. The van der Waals surface area contributed by atoms with Gasteiger partial charge in [0.25, 0.3) is 11.6 Å². The molecule has 1 fully saturated rings. The molecule has 0 bridgehead atoms. The SMILES string of the molecule is COc1ccc(CN2CCN(C(=O)c3c[nH]c4ccc([N+](=O)[O-])cc34)CC2)cc1OC. The third-order valence-corrected chi connectivity index (χ3v) is 5.62. The molecule has 31 heavy (non-hydrogen) atoms. The van der Waals surface area contributed by atoms with Gasteiger partial charge in [-0.3, -0.25) is 19.8 Å². The molecule has 1 N–H and O–H groups in total.